The molecule has 0 saturated carbocycles. The first-order valence-corrected chi connectivity index (χ1v) is 6.89. The van der Waals surface area contributed by atoms with Gasteiger partial charge in [-0.3, -0.25) is 9.36 Å². The zero-order valence-corrected chi connectivity index (χ0v) is 11.7. The molecule has 0 aliphatic carbocycles. The Balaban J connectivity index is 1.83. The van der Waals surface area contributed by atoms with Gasteiger partial charge in [0.2, 0.25) is 5.95 Å². The highest BCUT2D eigenvalue weighted by atomic mass is 16.1. The van der Waals surface area contributed by atoms with Gasteiger partial charge in [0.15, 0.2) is 11.2 Å². The van der Waals surface area contributed by atoms with Crippen LogP contribution in [0.5, 0.6) is 0 Å². The summed E-state index contributed by atoms with van der Waals surface area (Å²) in [6.45, 7) is 0.372. The molecule has 108 valence electrons. The van der Waals surface area contributed by atoms with Crippen LogP contribution in [0.3, 0.4) is 0 Å². The van der Waals surface area contributed by atoms with Gasteiger partial charge in [-0.25, -0.2) is 4.98 Å². The average molecular weight is 291 g/mol. The van der Waals surface area contributed by atoms with Crippen LogP contribution in [0.25, 0.3) is 21.9 Å². The smallest absolute Gasteiger partial charge is 0.281 e. The summed E-state index contributed by atoms with van der Waals surface area (Å²) in [5.74, 6) is 0.165. The van der Waals surface area contributed by atoms with E-state index in [1.54, 1.807) is 0 Å². The molecule has 22 heavy (non-hydrogen) atoms. The number of benzene rings is 2. The number of nitrogen functional groups attached to an aromatic ring is 1. The first kappa shape index (κ1) is 12.6. The Kier molecular flexibility index (Phi) is 2.69. The van der Waals surface area contributed by atoms with Gasteiger partial charge in [-0.2, -0.15) is 4.98 Å². The third-order valence-electron chi connectivity index (χ3n) is 3.73. The second-order valence-electron chi connectivity index (χ2n) is 5.14. The molecule has 0 spiro atoms. The summed E-state index contributed by atoms with van der Waals surface area (Å²) in [6.07, 6.45) is 1.44. The lowest BCUT2D eigenvalue weighted by Crippen LogP contribution is -2.25. The summed E-state index contributed by atoms with van der Waals surface area (Å²) in [5, 5.41) is 2.29. The molecule has 0 atom stereocenters. The molecule has 0 saturated heterocycles. The maximum absolute atomic E-state index is 12.5. The molecule has 0 aliphatic rings. The Morgan fingerprint density at radius 1 is 1.14 bits per heavy atom. The maximum atomic E-state index is 12.5. The average Bonchev–Trinajstić information content (AvgIpc) is 2.99. The number of H-pyrrole nitrogens is 1. The quantitative estimate of drug-likeness (QED) is 0.590. The summed E-state index contributed by atoms with van der Waals surface area (Å²) in [6, 6.07) is 14.2. The molecule has 0 fully saturated rings. The maximum Gasteiger partial charge on any atom is 0.281 e. The zero-order valence-electron chi connectivity index (χ0n) is 11.7. The Labute approximate surface area is 125 Å². The number of fused-ring (bicyclic) bond motifs is 2. The molecule has 0 radical (unpaired) electrons. The Hall–Kier alpha value is -3.15. The fraction of sp³-hybridized carbons (Fsp3) is 0.0625. The van der Waals surface area contributed by atoms with Crippen LogP contribution in [0, 0.1) is 0 Å². The lowest BCUT2D eigenvalue weighted by atomic mass is 10.1. The second-order valence-corrected chi connectivity index (χ2v) is 5.14. The molecule has 2 aromatic carbocycles. The van der Waals surface area contributed by atoms with Crippen LogP contribution in [0.2, 0.25) is 0 Å². The predicted molar refractivity (Wildman–Crippen MR) is 85.6 cm³/mol. The highest BCUT2D eigenvalue weighted by molar-refractivity contribution is 5.83. The van der Waals surface area contributed by atoms with Crippen molar-refractivity contribution in [1.29, 1.82) is 0 Å². The fourth-order valence-electron chi connectivity index (χ4n) is 2.61. The van der Waals surface area contributed by atoms with Crippen molar-refractivity contribution in [2.75, 3.05) is 5.73 Å². The van der Waals surface area contributed by atoms with Crippen molar-refractivity contribution in [1.82, 2.24) is 19.5 Å². The number of aromatic amines is 1. The van der Waals surface area contributed by atoms with E-state index in [-0.39, 0.29) is 11.5 Å². The van der Waals surface area contributed by atoms with Gasteiger partial charge in [-0.05, 0) is 22.4 Å². The van der Waals surface area contributed by atoms with Gasteiger partial charge in [0.1, 0.15) is 0 Å². The van der Waals surface area contributed by atoms with E-state index >= 15 is 0 Å². The van der Waals surface area contributed by atoms with Gasteiger partial charge in [-0.1, -0.05) is 36.4 Å². The number of imidazole rings is 1. The first-order valence-electron chi connectivity index (χ1n) is 6.89. The number of hydrogen-bond acceptors (Lipinski definition) is 4. The Morgan fingerprint density at radius 2 is 1.95 bits per heavy atom. The van der Waals surface area contributed by atoms with Gasteiger partial charge in [0.25, 0.3) is 5.56 Å². The van der Waals surface area contributed by atoms with Gasteiger partial charge < -0.3 is 10.7 Å². The van der Waals surface area contributed by atoms with E-state index in [4.69, 9.17) is 5.73 Å². The number of nitrogens with two attached hydrogens (primary N) is 1. The molecular formula is C16H13N5O. The van der Waals surface area contributed by atoms with Crippen molar-refractivity contribution in [2.45, 2.75) is 6.54 Å². The number of nitrogens with zero attached hydrogens (tertiary/aromatic N) is 3. The zero-order chi connectivity index (χ0) is 15.1. The van der Waals surface area contributed by atoms with Crippen LogP contribution >= 0.6 is 0 Å². The molecule has 0 unspecified atom stereocenters. The summed E-state index contributed by atoms with van der Waals surface area (Å²) < 4.78 is 1.45. The van der Waals surface area contributed by atoms with E-state index in [0.717, 1.165) is 16.3 Å². The van der Waals surface area contributed by atoms with E-state index in [1.165, 1.54) is 10.9 Å². The monoisotopic (exact) mass is 291 g/mol. The molecule has 2 aromatic heterocycles. The molecule has 0 amide bonds. The van der Waals surface area contributed by atoms with Crippen molar-refractivity contribution >= 4 is 27.9 Å². The minimum atomic E-state index is -0.215. The van der Waals surface area contributed by atoms with E-state index < -0.39 is 0 Å². The standard InChI is InChI=1S/C16H13N5O/c17-16-20-14-13(18-9-19-14)15(22)21(16)8-10-5-6-11-3-1-2-4-12(11)7-10/h1-7,9H,8H2,(H2,17,20)(H,18,19). The molecule has 6 heteroatoms. The van der Waals surface area contributed by atoms with Crippen LogP contribution in [0.1, 0.15) is 5.56 Å². The molecule has 4 rings (SSSR count). The van der Waals surface area contributed by atoms with Crippen molar-refractivity contribution in [3.63, 3.8) is 0 Å². The van der Waals surface area contributed by atoms with E-state index in [0.29, 0.717) is 17.7 Å². The van der Waals surface area contributed by atoms with E-state index in [9.17, 15) is 4.79 Å². The van der Waals surface area contributed by atoms with Gasteiger partial charge in [-0.15, -0.1) is 0 Å². The first-order chi connectivity index (χ1) is 10.7. The van der Waals surface area contributed by atoms with Crippen molar-refractivity contribution in [2.24, 2.45) is 0 Å². The molecule has 0 aliphatic heterocycles. The van der Waals surface area contributed by atoms with Crippen LogP contribution in [-0.4, -0.2) is 19.5 Å². The van der Waals surface area contributed by atoms with E-state index in [2.05, 4.69) is 27.1 Å². The van der Waals surface area contributed by atoms with E-state index in [1.807, 2.05) is 30.3 Å². The largest absolute Gasteiger partial charge is 0.369 e. The summed E-state index contributed by atoms with van der Waals surface area (Å²) in [7, 11) is 0. The SMILES string of the molecule is Nc1nc2nc[nH]c2c(=O)n1Cc1ccc2ccccc2c1. The number of rotatable bonds is 2. The second kappa shape index (κ2) is 4.70. The lowest BCUT2D eigenvalue weighted by Gasteiger charge is -2.09. The van der Waals surface area contributed by atoms with Crippen molar-refractivity contribution < 1.29 is 0 Å². The summed E-state index contributed by atoms with van der Waals surface area (Å²) >= 11 is 0. The highest BCUT2D eigenvalue weighted by Crippen LogP contribution is 2.17. The lowest BCUT2D eigenvalue weighted by molar-refractivity contribution is 0.762. The Bertz CT molecular complexity index is 1050. The van der Waals surface area contributed by atoms with Crippen LogP contribution < -0.4 is 11.3 Å². The number of anilines is 1. The number of nitrogens with one attached hydrogen (secondary N) is 1. The molecule has 6 nitrogen and oxygen atoms in total. The molecule has 0 bridgehead atoms. The van der Waals surface area contributed by atoms with Crippen LogP contribution in [0.15, 0.2) is 53.6 Å². The minimum absolute atomic E-state index is 0.165. The van der Waals surface area contributed by atoms with Crippen molar-refractivity contribution in [3.8, 4) is 0 Å². The normalized spacial score (nSPS) is 11.3. The van der Waals surface area contributed by atoms with Gasteiger partial charge >= 0.3 is 0 Å². The topological polar surface area (TPSA) is 89.6 Å². The third-order valence-corrected chi connectivity index (χ3v) is 3.73. The highest BCUT2D eigenvalue weighted by Gasteiger charge is 2.11. The third kappa shape index (κ3) is 1.93. The number of hydrogen-bond donors (Lipinski definition) is 2. The molecule has 4 aromatic rings. The Morgan fingerprint density at radius 3 is 2.82 bits per heavy atom. The summed E-state index contributed by atoms with van der Waals surface area (Å²) in [4.78, 5) is 23.4. The minimum Gasteiger partial charge on any atom is -0.369 e. The molecule has 3 N–H and O–H groups in total. The van der Waals surface area contributed by atoms with Crippen LogP contribution in [0.4, 0.5) is 5.95 Å². The summed E-state index contributed by atoms with van der Waals surface area (Å²) in [5.41, 5.74) is 7.40. The van der Waals surface area contributed by atoms with Gasteiger partial charge in [0.05, 0.1) is 12.9 Å². The molecular weight excluding hydrogens is 278 g/mol. The number of aromatic nitrogens is 4. The van der Waals surface area contributed by atoms with Crippen molar-refractivity contribution in [3.05, 3.63) is 64.7 Å². The molecule has 2 heterocycles. The van der Waals surface area contributed by atoms with Crippen LogP contribution in [-0.2, 0) is 6.54 Å². The fourth-order valence-corrected chi connectivity index (χ4v) is 2.61. The van der Waals surface area contributed by atoms with Gasteiger partial charge in [0, 0.05) is 0 Å². The predicted octanol–water partition coefficient (Wildman–Crippen LogP) is 1.90.